The van der Waals surface area contributed by atoms with Crippen molar-refractivity contribution in [1.82, 2.24) is 14.5 Å². The summed E-state index contributed by atoms with van der Waals surface area (Å²) in [6.07, 6.45) is 2.34. The van der Waals surface area contributed by atoms with Gasteiger partial charge in [0.05, 0.1) is 18.8 Å². The Morgan fingerprint density at radius 2 is 2.50 bits per heavy atom. The van der Waals surface area contributed by atoms with Crippen molar-refractivity contribution in [2.75, 3.05) is 13.1 Å². The van der Waals surface area contributed by atoms with Crippen LogP contribution in [0, 0.1) is 0 Å². The summed E-state index contributed by atoms with van der Waals surface area (Å²) in [5.41, 5.74) is 0. The maximum absolute atomic E-state index is 9.36. The molecular weight excluding hydrogens is 202 g/mol. The normalized spacial score (nSPS) is 23.2. The predicted molar refractivity (Wildman–Crippen MR) is 54.1 cm³/mol. The van der Waals surface area contributed by atoms with E-state index in [-0.39, 0.29) is 6.10 Å². The largest absolute Gasteiger partial charge is 0.392 e. The number of imidazole rings is 1. The lowest BCUT2D eigenvalue weighted by atomic mass is 10.3. The number of β-amino-alcohol motifs (C(OH)–C–C–N with tert-alkyl or cyclic N) is 1. The van der Waals surface area contributed by atoms with E-state index >= 15 is 0 Å². The molecule has 1 N–H and O–H groups in total. The van der Waals surface area contributed by atoms with Gasteiger partial charge in [-0.3, -0.25) is 4.90 Å². The lowest BCUT2D eigenvalue weighted by Crippen LogP contribution is -2.23. The summed E-state index contributed by atoms with van der Waals surface area (Å²) >= 11 is 5.88. The van der Waals surface area contributed by atoms with E-state index in [9.17, 15) is 5.11 Å². The Balaban J connectivity index is 2.01. The molecule has 1 atom stereocenters. The van der Waals surface area contributed by atoms with Crippen LogP contribution in [0.3, 0.4) is 0 Å². The molecule has 78 valence electrons. The maximum atomic E-state index is 9.36. The summed E-state index contributed by atoms with van der Waals surface area (Å²) in [6, 6.07) is 0. The second-order valence-corrected chi connectivity index (χ2v) is 4.12. The van der Waals surface area contributed by atoms with E-state index in [1.54, 1.807) is 6.20 Å². The molecular formula is C9H14ClN3O. The van der Waals surface area contributed by atoms with Crippen LogP contribution in [0.5, 0.6) is 0 Å². The topological polar surface area (TPSA) is 41.3 Å². The first-order valence-corrected chi connectivity index (χ1v) is 5.11. The quantitative estimate of drug-likeness (QED) is 0.788. The minimum atomic E-state index is -0.175. The fourth-order valence-electron chi connectivity index (χ4n) is 1.73. The number of aliphatic hydroxyl groups is 1. The minimum absolute atomic E-state index is 0.175. The van der Waals surface area contributed by atoms with E-state index in [1.807, 2.05) is 11.6 Å². The first-order chi connectivity index (χ1) is 6.66. The van der Waals surface area contributed by atoms with Crippen LogP contribution in [0.25, 0.3) is 0 Å². The molecule has 2 heterocycles. The van der Waals surface area contributed by atoms with Crippen molar-refractivity contribution in [3.05, 3.63) is 17.2 Å². The molecule has 0 unspecified atom stereocenters. The van der Waals surface area contributed by atoms with Crippen molar-refractivity contribution in [3.8, 4) is 0 Å². The van der Waals surface area contributed by atoms with Gasteiger partial charge in [0.25, 0.3) is 0 Å². The first kappa shape index (κ1) is 9.96. The van der Waals surface area contributed by atoms with Crippen LogP contribution in [0.4, 0.5) is 0 Å². The van der Waals surface area contributed by atoms with Crippen LogP contribution in [-0.2, 0) is 13.6 Å². The summed E-state index contributed by atoms with van der Waals surface area (Å²) < 4.78 is 1.87. The third kappa shape index (κ3) is 1.92. The highest BCUT2D eigenvalue weighted by molar-refractivity contribution is 6.29. The van der Waals surface area contributed by atoms with E-state index in [1.165, 1.54) is 0 Å². The first-order valence-electron chi connectivity index (χ1n) is 4.73. The van der Waals surface area contributed by atoms with Gasteiger partial charge in [0.15, 0.2) is 0 Å². The molecule has 0 saturated carbocycles. The number of rotatable bonds is 2. The fraction of sp³-hybridized carbons (Fsp3) is 0.667. The van der Waals surface area contributed by atoms with E-state index in [0.29, 0.717) is 5.15 Å². The Kier molecular flexibility index (Phi) is 2.76. The molecule has 4 nitrogen and oxygen atoms in total. The lowest BCUT2D eigenvalue weighted by molar-refractivity contribution is 0.173. The minimum Gasteiger partial charge on any atom is -0.392 e. The van der Waals surface area contributed by atoms with Gasteiger partial charge in [0, 0.05) is 20.1 Å². The summed E-state index contributed by atoms with van der Waals surface area (Å²) in [7, 11) is 1.90. The molecule has 1 aromatic rings. The van der Waals surface area contributed by atoms with Crippen molar-refractivity contribution in [2.24, 2.45) is 7.05 Å². The molecule has 1 saturated heterocycles. The summed E-state index contributed by atoms with van der Waals surface area (Å²) in [4.78, 5) is 6.40. The van der Waals surface area contributed by atoms with Crippen LogP contribution in [0.1, 0.15) is 12.2 Å². The molecule has 1 aromatic heterocycles. The van der Waals surface area contributed by atoms with Gasteiger partial charge in [-0.2, -0.15) is 0 Å². The molecule has 1 fully saturated rings. The van der Waals surface area contributed by atoms with Gasteiger partial charge in [-0.25, -0.2) is 4.98 Å². The SMILES string of the molecule is Cn1c(Cl)cnc1CN1CC[C@H](O)C1. The zero-order chi connectivity index (χ0) is 10.1. The van der Waals surface area contributed by atoms with Crippen molar-refractivity contribution in [2.45, 2.75) is 19.1 Å². The van der Waals surface area contributed by atoms with E-state index < -0.39 is 0 Å². The molecule has 0 spiro atoms. The zero-order valence-electron chi connectivity index (χ0n) is 8.15. The number of likely N-dealkylation sites (tertiary alicyclic amines) is 1. The molecule has 0 amide bonds. The van der Waals surface area contributed by atoms with Crippen LogP contribution in [0.15, 0.2) is 6.20 Å². The van der Waals surface area contributed by atoms with Crippen LogP contribution < -0.4 is 0 Å². The molecule has 1 aliphatic rings. The van der Waals surface area contributed by atoms with Crippen LogP contribution in [0.2, 0.25) is 5.15 Å². The Morgan fingerprint density at radius 1 is 1.71 bits per heavy atom. The average Bonchev–Trinajstić information content (AvgIpc) is 2.67. The summed E-state index contributed by atoms with van der Waals surface area (Å²) in [5.74, 6) is 0.948. The van der Waals surface area contributed by atoms with Crippen LogP contribution >= 0.6 is 11.6 Å². The number of aromatic nitrogens is 2. The Morgan fingerprint density at radius 3 is 3.00 bits per heavy atom. The Hall–Kier alpha value is -0.580. The molecule has 0 aliphatic carbocycles. The van der Waals surface area contributed by atoms with Crippen molar-refractivity contribution in [1.29, 1.82) is 0 Å². The standard InChI is InChI=1S/C9H14ClN3O/c1-12-8(10)4-11-9(12)6-13-3-2-7(14)5-13/h4,7,14H,2-3,5-6H2,1H3/t7-/m0/s1. The maximum Gasteiger partial charge on any atom is 0.128 e. The molecule has 0 bridgehead atoms. The van der Waals surface area contributed by atoms with Crippen molar-refractivity contribution in [3.63, 3.8) is 0 Å². The van der Waals surface area contributed by atoms with Crippen molar-refractivity contribution >= 4 is 11.6 Å². The molecule has 14 heavy (non-hydrogen) atoms. The predicted octanol–water partition coefficient (Wildman–Crippen LogP) is 0.640. The van der Waals surface area contributed by atoms with Gasteiger partial charge in [0.2, 0.25) is 0 Å². The smallest absolute Gasteiger partial charge is 0.128 e. The average molecular weight is 216 g/mol. The highest BCUT2D eigenvalue weighted by Gasteiger charge is 2.21. The number of halogens is 1. The third-order valence-corrected chi connectivity index (χ3v) is 2.99. The zero-order valence-corrected chi connectivity index (χ0v) is 8.91. The van der Waals surface area contributed by atoms with Gasteiger partial charge >= 0.3 is 0 Å². The highest BCUT2D eigenvalue weighted by Crippen LogP contribution is 2.15. The molecule has 2 rings (SSSR count). The molecule has 0 aromatic carbocycles. The monoisotopic (exact) mass is 215 g/mol. The fourth-order valence-corrected chi connectivity index (χ4v) is 1.87. The Bertz CT molecular complexity index is 326. The second-order valence-electron chi connectivity index (χ2n) is 3.73. The van der Waals surface area contributed by atoms with E-state index in [4.69, 9.17) is 11.6 Å². The van der Waals surface area contributed by atoms with Gasteiger partial charge in [0.1, 0.15) is 11.0 Å². The molecule has 5 heteroatoms. The summed E-state index contributed by atoms with van der Waals surface area (Å²) in [6.45, 7) is 2.44. The lowest BCUT2D eigenvalue weighted by Gasteiger charge is -2.14. The number of nitrogens with zero attached hydrogens (tertiary/aromatic N) is 3. The van der Waals surface area contributed by atoms with Crippen LogP contribution in [-0.4, -0.2) is 38.8 Å². The van der Waals surface area contributed by atoms with E-state index in [2.05, 4.69) is 9.88 Å². The van der Waals surface area contributed by atoms with Gasteiger partial charge < -0.3 is 9.67 Å². The third-order valence-electron chi connectivity index (χ3n) is 2.64. The molecule has 0 radical (unpaired) electrons. The summed E-state index contributed by atoms with van der Waals surface area (Å²) in [5, 5.41) is 10.0. The Labute approximate surface area is 88.1 Å². The van der Waals surface area contributed by atoms with Crippen molar-refractivity contribution < 1.29 is 5.11 Å². The van der Waals surface area contributed by atoms with Gasteiger partial charge in [-0.05, 0) is 6.42 Å². The highest BCUT2D eigenvalue weighted by atomic mass is 35.5. The number of hydrogen-bond acceptors (Lipinski definition) is 3. The van der Waals surface area contributed by atoms with Gasteiger partial charge in [-0.1, -0.05) is 11.6 Å². The number of aliphatic hydroxyl groups excluding tert-OH is 1. The number of hydrogen-bond donors (Lipinski definition) is 1. The van der Waals surface area contributed by atoms with E-state index in [0.717, 1.165) is 31.9 Å². The second kappa shape index (κ2) is 3.88. The van der Waals surface area contributed by atoms with Gasteiger partial charge in [-0.15, -0.1) is 0 Å². The molecule has 1 aliphatic heterocycles.